The Balaban J connectivity index is 1.57. The number of alkyl halides is 3. The van der Waals surface area contributed by atoms with Crippen molar-refractivity contribution in [3.63, 3.8) is 0 Å². The van der Waals surface area contributed by atoms with Crippen LogP contribution in [0.5, 0.6) is 0 Å². The third kappa shape index (κ3) is 8.18. The van der Waals surface area contributed by atoms with Crippen molar-refractivity contribution in [3.05, 3.63) is 101 Å². The quantitative estimate of drug-likeness (QED) is 0.231. The number of urea groups is 1. The molecule has 7 nitrogen and oxygen atoms in total. The van der Waals surface area contributed by atoms with Crippen LogP contribution in [0.2, 0.25) is 0 Å². The number of nitrogens with one attached hydrogen (secondary N) is 2. The van der Waals surface area contributed by atoms with Gasteiger partial charge in [0.1, 0.15) is 5.82 Å². The first-order chi connectivity index (χ1) is 20.0. The van der Waals surface area contributed by atoms with Crippen molar-refractivity contribution in [2.75, 3.05) is 16.8 Å². The molecular formula is C31H29F4N3O4. The normalized spacial score (nSPS) is 13.2. The predicted molar refractivity (Wildman–Crippen MR) is 151 cm³/mol. The van der Waals surface area contributed by atoms with Gasteiger partial charge in [-0.3, -0.25) is 14.5 Å². The number of allylic oxidation sites excluding steroid dienone is 2. The average Bonchev–Trinajstić information content (AvgIpc) is 2.96. The van der Waals surface area contributed by atoms with Crippen LogP contribution in [-0.2, 0) is 17.5 Å². The lowest BCUT2D eigenvalue weighted by Crippen LogP contribution is -2.34. The van der Waals surface area contributed by atoms with E-state index in [9.17, 15) is 31.9 Å². The molecule has 0 aromatic heterocycles. The molecule has 0 atom stereocenters. The number of anilines is 2. The molecule has 0 aliphatic heterocycles. The highest BCUT2D eigenvalue weighted by Crippen LogP contribution is 2.32. The van der Waals surface area contributed by atoms with Crippen LogP contribution in [-0.4, -0.2) is 29.6 Å². The lowest BCUT2D eigenvalue weighted by molar-refractivity contribution is -0.138. The van der Waals surface area contributed by atoms with Crippen molar-refractivity contribution in [2.24, 2.45) is 0 Å². The van der Waals surface area contributed by atoms with Crippen LogP contribution in [0.15, 0.2) is 72.8 Å². The average molecular weight is 584 g/mol. The van der Waals surface area contributed by atoms with Crippen LogP contribution in [0, 0.1) is 5.82 Å². The van der Waals surface area contributed by atoms with Gasteiger partial charge in [0.05, 0.1) is 18.5 Å². The van der Waals surface area contributed by atoms with E-state index >= 15 is 0 Å². The predicted octanol–water partition coefficient (Wildman–Crippen LogP) is 7.25. The van der Waals surface area contributed by atoms with Gasteiger partial charge >= 0.3 is 18.2 Å². The molecule has 0 fully saturated rings. The van der Waals surface area contributed by atoms with Crippen molar-refractivity contribution < 1.29 is 37.1 Å². The summed E-state index contributed by atoms with van der Waals surface area (Å²) in [6.45, 7) is -0.0524. The fourth-order valence-electron chi connectivity index (χ4n) is 4.58. The highest BCUT2D eigenvalue weighted by atomic mass is 19.4. The zero-order valence-electron chi connectivity index (χ0n) is 22.5. The second kappa shape index (κ2) is 13.3. The summed E-state index contributed by atoms with van der Waals surface area (Å²) in [5, 5.41) is 13.6. The third-order valence-electron chi connectivity index (χ3n) is 6.74. The van der Waals surface area contributed by atoms with E-state index in [-0.39, 0.29) is 30.8 Å². The number of halogens is 4. The summed E-state index contributed by atoms with van der Waals surface area (Å²) in [4.78, 5) is 37.7. The molecule has 42 heavy (non-hydrogen) atoms. The maximum atomic E-state index is 14.0. The number of carboxylic acids is 1. The first-order valence-electron chi connectivity index (χ1n) is 13.3. The number of carboxylic acid groups (broad SMARTS) is 1. The van der Waals surface area contributed by atoms with E-state index in [4.69, 9.17) is 5.11 Å². The molecule has 0 radical (unpaired) electrons. The Morgan fingerprint density at radius 2 is 1.64 bits per heavy atom. The third-order valence-corrected chi connectivity index (χ3v) is 6.74. The molecule has 4 rings (SSSR count). The number of nitrogens with zero attached hydrogens (tertiary/aromatic N) is 1. The minimum absolute atomic E-state index is 0.0176. The SMILES string of the molecule is O=C(O)CCNC(=O)c1ccc(CN(C(=O)Nc2cc(F)cc(C(F)(F)F)c2)c2ccc(C3=CCCCC3)cc2)cc1. The Morgan fingerprint density at radius 1 is 0.929 bits per heavy atom. The second-order valence-electron chi connectivity index (χ2n) is 9.86. The number of carbonyl (C=O) groups excluding carboxylic acids is 2. The number of carbonyl (C=O) groups is 3. The van der Waals surface area contributed by atoms with Gasteiger partial charge in [0.2, 0.25) is 0 Å². The molecular weight excluding hydrogens is 554 g/mol. The molecule has 0 unspecified atom stereocenters. The van der Waals surface area contributed by atoms with E-state index in [0.717, 1.165) is 37.3 Å². The fourth-order valence-corrected chi connectivity index (χ4v) is 4.58. The zero-order valence-corrected chi connectivity index (χ0v) is 22.5. The minimum atomic E-state index is -4.80. The maximum absolute atomic E-state index is 14.0. The van der Waals surface area contributed by atoms with Crippen molar-refractivity contribution in [1.82, 2.24) is 5.32 Å². The van der Waals surface area contributed by atoms with Crippen molar-refractivity contribution in [2.45, 2.75) is 44.8 Å². The lowest BCUT2D eigenvalue weighted by atomic mass is 9.93. The Hall–Kier alpha value is -4.67. The second-order valence-corrected chi connectivity index (χ2v) is 9.86. The highest BCUT2D eigenvalue weighted by Gasteiger charge is 2.31. The molecule has 0 saturated heterocycles. The molecule has 1 aliphatic rings. The van der Waals surface area contributed by atoms with Crippen LogP contribution in [0.3, 0.4) is 0 Å². The number of rotatable bonds is 9. The van der Waals surface area contributed by atoms with Gasteiger partial charge in [-0.15, -0.1) is 0 Å². The van der Waals surface area contributed by atoms with E-state index in [1.165, 1.54) is 22.6 Å². The van der Waals surface area contributed by atoms with Gasteiger partial charge in [0.15, 0.2) is 0 Å². The van der Waals surface area contributed by atoms with Gasteiger partial charge in [-0.1, -0.05) is 30.3 Å². The van der Waals surface area contributed by atoms with Crippen molar-refractivity contribution >= 4 is 34.9 Å². The summed E-state index contributed by atoms with van der Waals surface area (Å²) in [6.07, 6.45) is 1.32. The van der Waals surface area contributed by atoms with E-state index in [2.05, 4.69) is 16.7 Å². The summed E-state index contributed by atoms with van der Waals surface area (Å²) >= 11 is 0. The number of benzene rings is 3. The van der Waals surface area contributed by atoms with Gasteiger partial charge in [0.25, 0.3) is 5.91 Å². The van der Waals surface area contributed by atoms with Crippen LogP contribution in [0.25, 0.3) is 5.57 Å². The summed E-state index contributed by atoms with van der Waals surface area (Å²) in [5.74, 6) is -2.65. The molecule has 0 spiro atoms. The number of hydrogen-bond acceptors (Lipinski definition) is 3. The van der Waals surface area contributed by atoms with Gasteiger partial charge in [-0.25, -0.2) is 9.18 Å². The molecule has 3 N–H and O–H groups in total. The highest BCUT2D eigenvalue weighted by molar-refractivity contribution is 6.02. The Bertz CT molecular complexity index is 1470. The topological polar surface area (TPSA) is 98.7 Å². The van der Waals surface area contributed by atoms with E-state index in [1.807, 2.05) is 12.1 Å². The summed E-state index contributed by atoms with van der Waals surface area (Å²) in [6, 6.07) is 14.5. The zero-order chi connectivity index (χ0) is 30.3. The number of aliphatic carboxylic acids is 1. The van der Waals surface area contributed by atoms with Crippen molar-refractivity contribution in [3.8, 4) is 0 Å². The van der Waals surface area contributed by atoms with Gasteiger partial charge in [0, 0.05) is 23.5 Å². The molecule has 0 heterocycles. The Kier molecular flexibility index (Phi) is 9.61. The lowest BCUT2D eigenvalue weighted by Gasteiger charge is -2.24. The van der Waals surface area contributed by atoms with Crippen molar-refractivity contribution in [1.29, 1.82) is 0 Å². The monoisotopic (exact) mass is 583 g/mol. The molecule has 0 saturated carbocycles. The molecule has 3 amide bonds. The fraction of sp³-hybridized carbons (Fsp3) is 0.258. The van der Waals surface area contributed by atoms with Crippen LogP contribution >= 0.6 is 0 Å². The van der Waals surface area contributed by atoms with Gasteiger partial charge in [-0.05, 0) is 84.8 Å². The molecule has 11 heteroatoms. The summed E-state index contributed by atoms with van der Waals surface area (Å²) in [5.41, 5.74) is 1.97. The molecule has 1 aliphatic carbocycles. The molecule has 0 bridgehead atoms. The maximum Gasteiger partial charge on any atom is 0.416 e. The van der Waals surface area contributed by atoms with Gasteiger partial charge < -0.3 is 15.7 Å². The van der Waals surface area contributed by atoms with E-state index < -0.39 is 35.5 Å². The first kappa shape index (κ1) is 30.3. The summed E-state index contributed by atoms with van der Waals surface area (Å²) < 4.78 is 53.7. The largest absolute Gasteiger partial charge is 0.481 e. The minimum Gasteiger partial charge on any atom is -0.481 e. The summed E-state index contributed by atoms with van der Waals surface area (Å²) in [7, 11) is 0. The standard InChI is InChI=1S/C31H29F4N3O4/c32-25-16-24(31(33,34)35)17-26(18-25)37-30(42)38(27-12-10-22(11-13-27)21-4-2-1-3-5-21)19-20-6-8-23(9-7-20)29(41)36-15-14-28(39)40/h4,6-13,16-18H,1-3,5,14-15,19H2,(H,36,41)(H,37,42)(H,39,40). The Labute approximate surface area is 239 Å². The van der Waals surface area contributed by atoms with Crippen LogP contribution in [0.4, 0.5) is 33.7 Å². The first-order valence-corrected chi connectivity index (χ1v) is 13.3. The van der Waals surface area contributed by atoms with E-state index in [1.54, 1.807) is 24.3 Å². The Morgan fingerprint density at radius 3 is 2.26 bits per heavy atom. The number of amides is 3. The molecule has 3 aromatic rings. The smallest absolute Gasteiger partial charge is 0.416 e. The van der Waals surface area contributed by atoms with E-state index in [0.29, 0.717) is 23.4 Å². The number of hydrogen-bond donors (Lipinski definition) is 3. The van der Waals surface area contributed by atoms with Crippen LogP contribution < -0.4 is 15.5 Å². The van der Waals surface area contributed by atoms with Gasteiger partial charge in [-0.2, -0.15) is 13.2 Å². The molecule has 220 valence electrons. The molecule has 3 aromatic carbocycles. The van der Waals surface area contributed by atoms with Crippen LogP contribution in [0.1, 0.15) is 59.2 Å².